The predicted octanol–water partition coefficient (Wildman–Crippen LogP) is 5.82. The van der Waals surface area contributed by atoms with Crippen molar-refractivity contribution in [3.05, 3.63) is 63.8 Å². The third-order valence-corrected chi connectivity index (χ3v) is 5.90. The maximum absolute atomic E-state index is 14.2. The van der Waals surface area contributed by atoms with Gasteiger partial charge in [-0.2, -0.15) is 0 Å². The highest BCUT2D eigenvalue weighted by atomic mass is 79.9. The molecule has 4 rings (SSSR count). The maximum atomic E-state index is 14.2. The van der Waals surface area contributed by atoms with Gasteiger partial charge in [0.2, 0.25) is 0 Å². The third kappa shape index (κ3) is 3.75. The van der Waals surface area contributed by atoms with E-state index in [1.54, 1.807) is 20.8 Å². The first-order valence-corrected chi connectivity index (χ1v) is 10.3. The molecule has 2 aliphatic heterocycles. The van der Waals surface area contributed by atoms with Crippen molar-refractivity contribution in [2.24, 2.45) is 0 Å². The fourth-order valence-corrected chi connectivity index (χ4v) is 4.64. The van der Waals surface area contributed by atoms with Gasteiger partial charge in [-0.15, -0.1) is 0 Å². The number of hydrogen-bond donors (Lipinski definition) is 0. The summed E-state index contributed by atoms with van der Waals surface area (Å²) in [6.07, 6.45) is 0.572. The SMILES string of the molecule is [2H]c1c([2H])c([2H])c([C@]2(C3CCCN3C(=O)OC(C)(C)C)Cc3c(Br)cc(F)cc3O2)c([2H])c1[2H]. The van der Waals surface area contributed by atoms with Crippen molar-refractivity contribution in [3.8, 4) is 5.75 Å². The quantitative estimate of drug-likeness (QED) is 0.559. The molecule has 2 aromatic rings. The average molecular weight is 467 g/mol. The van der Waals surface area contributed by atoms with E-state index in [4.69, 9.17) is 16.3 Å². The van der Waals surface area contributed by atoms with E-state index >= 15 is 0 Å². The number of hydrogen-bond acceptors (Lipinski definition) is 3. The lowest BCUT2D eigenvalue weighted by Gasteiger charge is -2.40. The molecular weight excluding hydrogens is 437 g/mol. The molecule has 154 valence electrons. The number of carbonyl (C=O) groups is 1. The van der Waals surface area contributed by atoms with Gasteiger partial charge in [0.25, 0.3) is 0 Å². The molecule has 0 saturated carbocycles. The first-order valence-electron chi connectivity index (χ1n) is 12.0. The number of halogens is 2. The van der Waals surface area contributed by atoms with Gasteiger partial charge in [0.15, 0.2) is 5.60 Å². The fraction of sp³-hybridized carbons (Fsp3) is 0.435. The molecule has 0 bridgehead atoms. The molecule has 0 N–H and O–H groups in total. The Bertz CT molecular complexity index is 1160. The zero-order valence-corrected chi connectivity index (χ0v) is 18.1. The number of benzene rings is 2. The van der Waals surface area contributed by atoms with E-state index in [9.17, 15) is 9.18 Å². The van der Waals surface area contributed by atoms with Crippen molar-refractivity contribution >= 4 is 22.0 Å². The van der Waals surface area contributed by atoms with Gasteiger partial charge in [0.05, 0.1) is 12.9 Å². The van der Waals surface area contributed by atoms with Gasteiger partial charge < -0.3 is 14.4 Å². The summed E-state index contributed by atoms with van der Waals surface area (Å²) in [4.78, 5) is 14.6. The van der Waals surface area contributed by atoms with Crippen molar-refractivity contribution in [2.45, 2.75) is 57.3 Å². The normalized spacial score (nSPS) is 26.0. The van der Waals surface area contributed by atoms with Crippen LogP contribution in [-0.2, 0) is 16.8 Å². The molecule has 2 atom stereocenters. The van der Waals surface area contributed by atoms with Crippen molar-refractivity contribution < 1.29 is 25.5 Å². The van der Waals surface area contributed by atoms with Crippen LogP contribution in [0.1, 0.15) is 51.6 Å². The molecule has 1 amide bonds. The number of ether oxygens (including phenoxy) is 2. The smallest absolute Gasteiger partial charge is 0.410 e. The van der Waals surface area contributed by atoms with Crippen molar-refractivity contribution in [1.82, 2.24) is 4.90 Å². The second-order valence-electron chi connectivity index (χ2n) is 8.36. The highest BCUT2D eigenvalue weighted by Gasteiger charge is 2.53. The van der Waals surface area contributed by atoms with Gasteiger partial charge in [0.1, 0.15) is 17.2 Å². The highest BCUT2D eigenvalue weighted by Crippen LogP contribution is 2.50. The van der Waals surface area contributed by atoms with Crippen LogP contribution < -0.4 is 4.74 Å². The van der Waals surface area contributed by atoms with E-state index in [0.717, 1.165) is 0 Å². The standard InChI is InChI=1S/C23H25BrFNO3/c1-22(2,3)29-21(27)26-11-7-10-20(26)23(15-8-5-4-6-9-15)14-17-18(24)12-16(25)13-19(17)28-23/h4-6,8-9,12-13,20H,7,10-11,14H2,1-3H3/t20?,23-/m0/s1/i4D,5D,6D,8D,9D. The predicted molar refractivity (Wildman–Crippen MR) is 113 cm³/mol. The molecule has 1 fully saturated rings. The van der Waals surface area contributed by atoms with Crippen LogP contribution in [0, 0.1) is 5.82 Å². The fourth-order valence-electron chi connectivity index (χ4n) is 4.08. The lowest BCUT2D eigenvalue weighted by atomic mass is 9.81. The second kappa shape index (κ2) is 7.31. The largest absolute Gasteiger partial charge is 0.480 e. The lowest BCUT2D eigenvalue weighted by molar-refractivity contribution is -0.0216. The van der Waals surface area contributed by atoms with E-state index in [1.165, 1.54) is 17.0 Å². The Morgan fingerprint density at radius 2 is 2.07 bits per heavy atom. The molecule has 0 radical (unpaired) electrons. The van der Waals surface area contributed by atoms with Crippen LogP contribution in [0.25, 0.3) is 0 Å². The number of rotatable bonds is 2. The molecule has 0 aromatic heterocycles. The first kappa shape index (κ1) is 14.8. The molecular formula is C23H25BrFNO3. The Labute approximate surface area is 186 Å². The number of fused-ring (bicyclic) bond motifs is 1. The van der Waals surface area contributed by atoms with Crippen LogP contribution in [0.15, 0.2) is 46.8 Å². The Morgan fingerprint density at radius 3 is 2.76 bits per heavy atom. The van der Waals surface area contributed by atoms with Gasteiger partial charge >= 0.3 is 6.09 Å². The van der Waals surface area contributed by atoms with Crippen LogP contribution in [0.2, 0.25) is 0 Å². The van der Waals surface area contributed by atoms with Crippen LogP contribution in [0.3, 0.4) is 0 Å². The molecule has 6 heteroatoms. The molecule has 1 unspecified atom stereocenters. The van der Waals surface area contributed by atoms with Crippen molar-refractivity contribution in [1.29, 1.82) is 0 Å². The number of likely N-dealkylation sites (tertiary alicyclic amines) is 1. The van der Waals surface area contributed by atoms with Crippen LogP contribution >= 0.6 is 15.9 Å². The Kier molecular flexibility index (Phi) is 3.74. The molecule has 2 heterocycles. The van der Waals surface area contributed by atoms with Gasteiger partial charge in [-0.1, -0.05) is 46.1 Å². The third-order valence-electron chi connectivity index (χ3n) is 5.19. The van der Waals surface area contributed by atoms with Gasteiger partial charge in [-0.3, -0.25) is 0 Å². The molecule has 0 spiro atoms. The Morgan fingerprint density at radius 1 is 1.34 bits per heavy atom. The topological polar surface area (TPSA) is 38.8 Å². The number of nitrogens with zero attached hydrogens (tertiary/aromatic N) is 1. The van der Waals surface area contributed by atoms with Gasteiger partial charge in [0, 0.05) is 29.1 Å². The number of amides is 1. The summed E-state index contributed by atoms with van der Waals surface area (Å²) < 4.78 is 68.3. The molecule has 1 saturated heterocycles. The summed E-state index contributed by atoms with van der Waals surface area (Å²) in [5.41, 5.74) is -1.73. The van der Waals surface area contributed by atoms with E-state index < -0.39 is 59.4 Å². The average Bonchev–Trinajstić information content (AvgIpc) is 3.36. The molecule has 2 aromatic carbocycles. The summed E-state index contributed by atoms with van der Waals surface area (Å²) in [5.74, 6) is -0.340. The lowest BCUT2D eigenvalue weighted by Crippen LogP contribution is -2.53. The molecule has 4 nitrogen and oxygen atoms in total. The van der Waals surface area contributed by atoms with E-state index in [1.807, 2.05) is 0 Å². The van der Waals surface area contributed by atoms with Gasteiger partial charge in [-0.25, -0.2) is 9.18 Å². The molecule has 2 aliphatic rings. The van der Waals surface area contributed by atoms with E-state index in [0.29, 0.717) is 29.4 Å². The summed E-state index contributed by atoms with van der Waals surface area (Å²) in [5, 5.41) is 0. The number of carbonyl (C=O) groups excluding carboxylic acids is 1. The van der Waals surface area contributed by atoms with Crippen LogP contribution in [-0.4, -0.2) is 29.2 Å². The molecule has 0 aliphatic carbocycles. The molecule has 29 heavy (non-hydrogen) atoms. The summed E-state index contributed by atoms with van der Waals surface area (Å²) in [6.45, 7) is 5.62. The van der Waals surface area contributed by atoms with E-state index in [2.05, 4.69) is 15.9 Å². The summed E-state index contributed by atoms with van der Waals surface area (Å²) >= 11 is 3.37. The zero-order chi connectivity index (χ0) is 25.2. The second-order valence-corrected chi connectivity index (χ2v) is 9.22. The first-order chi connectivity index (χ1) is 15.8. The monoisotopic (exact) mass is 466 g/mol. The zero-order valence-electron chi connectivity index (χ0n) is 21.5. The summed E-state index contributed by atoms with van der Waals surface area (Å²) in [6, 6.07) is -0.535. The van der Waals surface area contributed by atoms with Crippen LogP contribution in [0.4, 0.5) is 9.18 Å². The Balaban J connectivity index is 1.94. The minimum Gasteiger partial charge on any atom is -0.480 e. The minimum absolute atomic E-state index is 0.0533. The highest BCUT2D eigenvalue weighted by molar-refractivity contribution is 9.10. The van der Waals surface area contributed by atoms with E-state index in [-0.39, 0.29) is 17.7 Å². The minimum atomic E-state index is -1.53. The maximum Gasteiger partial charge on any atom is 0.410 e. The van der Waals surface area contributed by atoms with Crippen molar-refractivity contribution in [2.75, 3.05) is 6.54 Å². The Hall–Kier alpha value is -2.08. The van der Waals surface area contributed by atoms with Crippen molar-refractivity contribution in [3.63, 3.8) is 0 Å². The van der Waals surface area contributed by atoms with Gasteiger partial charge in [-0.05, 0) is 45.2 Å². The van der Waals surface area contributed by atoms with Crippen LogP contribution in [0.5, 0.6) is 5.75 Å². The summed E-state index contributed by atoms with van der Waals surface area (Å²) in [7, 11) is 0.